The fraction of sp³-hybridized carbons (Fsp3) is 1.00. The summed E-state index contributed by atoms with van der Waals surface area (Å²) in [6.45, 7) is 9.66. The first-order chi connectivity index (χ1) is 7.52. The molecule has 2 saturated carbocycles. The van der Waals surface area contributed by atoms with Crippen molar-refractivity contribution in [3.05, 3.63) is 0 Å². The van der Waals surface area contributed by atoms with E-state index in [1.54, 1.807) is 25.7 Å². The number of rotatable bonds is 2. The molecule has 2 aliphatic carbocycles. The lowest BCUT2D eigenvalue weighted by Gasteiger charge is -2.39. The van der Waals surface area contributed by atoms with E-state index < -0.39 is 0 Å². The van der Waals surface area contributed by atoms with E-state index in [2.05, 4.69) is 27.7 Å². The summed E-state index contributed by atoms with van der Waals surface area (Å²) < 4.78 is 0. The molecule has 1 atom stereocenters. The molecule has 0 aromatic carbocycles. The van der Waals surface area contributed by atoms with E-state index in [-0.39, 0.29) is 0 Å². The van der Waals surface area contributed by atoms with Crippen LogP contribution in [0.1, 0.15) is 72.6 Å². The van der Waals surface area contributed by atoms with Crippen molar-refractivity contribution < 1.29 is 0 Å². The van der Waals surface area contributed by atoms with Crippen LogP contribution in [0.5, 0.6) is 0 Å². The van der Waals surface area contributed by atoms with Crippen LogP contribution in [-0.4, -0.2) is 0 Å². The number of hydrogen-bond donors (Lipinski definition) is 0. The molecular formula is C16H30. The highest BCUT2D eigenvalue weighted by Crippen LogP contribution is 2.54. The molecule has 1 spiro atoms. The largest absolute Gasteiger partial charge is 0.0625 e. The maximum Gasteiger partial charge on any atom is -0.0294 e. The molecule has 94 valence electrons. The molecule has 0 saturated heterocycles. The van der Waals surface area contributed by atoms with Crippen LogP contribution < -0.4 is 0 Å². The van der Waals surface area contributed by atoms with Gasteiger partial charge in [0, 0.05) is 0 Å². The Kier molecular flexibility index (Phi) is 3.66. The molecule has 16 heavy (non-hydrogen) atoms. The molecule has 0 radical (unpaired) electrons. The third-order valence-electron chi connectivity index (χ3n) is 5.72. The SMILES string of the molecule is CC(C)C1CCC2(CC1)CCC(C(C)C)C2. The topological polar surface area (TPSA) is 0 Å². The fourth-order valence-electron chi connectivity index (χ4n) is 4.19. The van der Waals surface area contributed by atoms with Gasteiger partial charge in [-0.25, -0.2) is 0 Å². The molecule has 0 bridgehead atoms. The van der Waals surface area contributed by atoms with Gasteiger partial charge in [-0.2, -0.15) is 0 Å². The maximum absolute atomic E-state index is 2.42. The summed E-state index contributed by atoms with van der Waals surface area (Å²) in [7, 11) is 0. The lowest BCUT2D eigenvalue weighted by atomic mass is 9.66. The molecule has 2 fully saturated rings. The van der Waals surface area contributed by atoms with E-state index in [1.165, 1.54) is 19.3 Å². The van der Waals surface area contributed by atoms with Crippen molar-refractivity contribution in [1.29, 1.82) is 0 Å². The van der Waals surface area contributed by atoms with Gasteiger partial charge in [-0.15, -0.1) is 0 Å². The van der Waals surface area contributed by atoms with E-state index >= 15 is 0 Å². The molecule has 0 aromatic rings. The molecule has 0 nitrogen and oxygen atoms in total. The summed E-state index contributed by atoms with van der Waals surface area (Å²) in [4.78, 5) is 0. The van der Waals surface area contributed by atoms with E-state index in [0.29, 0.717) is 0 Å². The molecule has 2 aliphatic rings. The van der Waals surface area contributed by atoms with Crippen molar-refractivity contribution in [2.24, 2.45) is 29.1 Å². The summed E-state index contributed by atoms with van der Waals surface area (Å²) in [5.74, 6) is 3.90. The average Bonchev–Trinajstić information content (AvgIpc) is 2.63. The predicted molar refractivity (Wildman–Crippen MR) is 71.4 cm³/mol. The van der Waals surface area contributed by atoms with Gasteiger partial charge in [-0.3, -0.25) is 0 Å². The van der Waals surface area contributed by atoms with Gasteiger partial charge >= 0.3 is 0 Å². The van der Waals surface area contributed by atoms with E-state index in [9.17, 15) is 0 Å². The van der Waals surface area contributed by atoms with Crippen LogP contribution in [0.25, 0.3) is 0 Å². The predicted octanol–water partition coefficient (Wildman–Crippen LogP) is 5.28. The second kappa shape index (κ2) is 4.70. The first-order valence-corrected chi connectivity index (χ1v) is 7.52. The van der Waals surface area contributed by atoms with Crippen molar-refractivity contribution in [3.8, 4) is 0 Å². The van der Waals surface area contributed by atoms with Crippen LogP contribution in [0, 0.1) is 29.1 Å². The minimum absolute atomic E-state index is 0.792. The van der Waals surface area contributed by atoms with Gasteiger partial charge in [0.2, 0.25) is 0 Å². The Labute approximate surface area is 102 Å². The first-order valence-electron chi connectivity index (χ1n) is 7.52. The van der Waals surface area contributed by atoms with Crippen molar-refractivity contribution in [2.75, 3.05) is 0 Å². The molecule has 0 heteroatoms. The Bertz CT molecular complexity index is 218. The van der Waals surface area contributed by atoms with Gasteiger partial charge in [0.15, 0.2) is 0 Å². The van der Waals surface area contributed by atoms with Gasteiger partial charge < -0.3 is 0 Å². The maximum atomic E-state index is 2.42. The first kappa shape index (κ1) is 12.5. The van der Waals surface area contributed by atoms with Gasteiger partial charge in [-0.1, -0.05) is 27.7 Å². The summed E-state index contributed by atoms with van der Waals surface area (Å²) >= 11 is 0. The zero-order chi connectivity index (χ0) is 11.8. The highest BCUT2D eigenvalue weighted by atomic mass is 14.5. The summed E-state index contributed by atoms with van der Waals surface area (Å²) in [6.07, 6.45) is 10.7. The fourth-order valence-corrected chi connectivity index (χ4v) is 4.19. The van der Waals surface area contributed by atoms with Gasteiger partial charge in [0.1, 0.15) is 0 Å². The Morgan fingerprint density at radius 2 is 1.19 bits per heavy atom. The Morgan fingerprint density at radius 1 is 0.750 bits per heavy atom. The minimum Gasteiger partial charge on any atom is -0.0625 e. The lowest BCUT2D eigenvalue weighted by molar-refractivity contribution is 0.124. The van der Waals surface area contributed by atoms with Crippen LogP contribution in [-0.2, 0) is 0 Å². The highest BCUT2D eigenvalue weighted by molar-refractivity contribution is 4.93. The smallest absolute Gasteiger partial charge is 0.0294 e. The van der Waals surface area contributed by atoms with Gasteiger partial charge in [0.05, 0.1) is 0 Å². The molecule has 0 amide bonds. The van der Waals surface area contributed by atoms with E-state index in [4.69, 9.17) is 0 Å². The van der Waals surface area contributed by atoms with Crippen molar-refractivity contribution >= 4 is 0 Å². The van der Waals surface area contributed by atoms with Crippen LogP contribution in [0.15, 0.2) is 0 Å². The molecule has 2 rings (SSSR count). The Balaban J connectivity index is 1.89. The molecule has 0 aromatic heterocycles. The second-order valence-corrected chi connectivity index (χ2v) is 7.33. The second-order valence-electron chi connectivity index (χ2n) is 7.33. The Hall–Kier alpha value is 0. The number of hydrogen-bond acceptors (Lipinski definition) is 0. The summed E-state index contributed by atoms with van der Waals surface area (Å²) in [6, 6.07) is 0. The van der Waals surface area contributed by atoms with Crippen molar-refractivity contribution in [1.82, 2.24) is 0 Å². The molecule has 0 N–H and O–H groups in total. The van der Waals surface area contributed by atoms with Crippen LogP contribution >= 0.6 is 0 Å². The van der Waals surface area contributed by atoms with Crippen molar-refractivity contribution in [3.63, 3.8) is 0 Å². The molecular weight excluding hydrogens is 192 g/mol. The van der Waals surface area contributed by atoms with E-state index in [0.717, 1.165) is 29.1 Å². The summed E-state index contributed by atoms with van der Waals surface area (Å²) in [5.41, 5.74) is 0.792. The highest BCUT2D eigenvalue weighted by Gasteiger charge is 2.42. The van der Waals surface area contributed by atoms with Gasteiger partial charge in [-0.05, 0) is 74.0 Å². The summed E-state index contributed by atoms with van der Waals surface area (Å²) in [5, 5.41) is 0. The third kappa shape index (κ3) is 2.46. The zero-order valence-corrected chi connectivity index (χ0v) is 11.8. The monoisotopic (exact) mass is 222 g/mol. The zero-order valence-electron chi connectivity index (χ0n) is 11.8. The van der Waals surface area contributed by atoms with Crippen LogP contribution in [0.4, 0.5) is 0 Å². The van der Waals surface area contributed by atoms with Gasteiger partial charge in [0.25, 0.3) is 0 Å². The molecule has 0 heterocycles. The average molecular weight is 222 g/mol. The normalized spacial score (nSPS) is 40.1. The standard InChI is InChI=1S/C16H30/c1-12(2)14-5-8-16(9-6-14)10-7-15(11-16)13(3)4/h12-15H,5-11H2,1-4H3. The Morgan fingerprint density at radius 3 is 1.56 bits per heavy atom. The molecule has 1 unspecified atom stereocenters. The minimum atomic E-state index is 0.792. The molecule has 0 aliphatic heterocycles. The van der Waals surface area contributed by atoms with Crippen LogP contribution in [0.3, 0.4) is 0 Å². The lowest BCUT2D eigenvalue weighted by Crippen LogP contribution is -2.27. The van der Waals surface area contributed by atoms with Crippen LogP contribution in [0.2, 0.25) is 0 Å². The third-order valence-corrected chi connectivity index (χ3v) is 5.72. The quantitative estimate of drug-likeness (QED) is 0.596. The van der Waals surface area contributed by atoms with E-state index in [1.807, 2.05) is 0 Å². The van der Waals surface area contributed by atoms with Crippen molar-refractivity contribution in [2.45, 2.75) is 72.6 Å².